The van der Waals surface area contributed by atoms with E-state index < -0.39 is 20.7 Å². The van der Waals surface area contributed by atoms with Gasteiger partial charge in [-0.2, -0.15) is 5.26 Å². The maximum absolute atomic E-state index is 12.6. The first-order chi connectivity index (χ1) is 10.9. The van der Waals surface area contributed by atoms with Crippen LogP contribution in [-0.2, 0) is 19.2 Å². The molecular formula is C16H19N3O3S. The minimum absolute atomic E-state index is 0.0575. The van der Waals surface area contributed by atoms with Crippen LogP contribution in [0.5, 0.6) is 0 Å². The summed E-state index contributed by atoms with van der Waals surface area (Å²) >= 11 is 0. The van der Waals surface area contributed by atoms with Crippen molar-refractivity contribution in [2.45, 2.75) is 20.8 Å². The van der Waals surface area contributed by atoms with Gasteiger partial charge in [-0.25, -0.2) is 9.16 Å². The number of allylic oxidation sites excluding steroid dienone is 1. The Morgan fingerprint density at radius 1 is 1.30 bits per heavy atom. The normalized spacial score (nSPS) is 14.0. The molecule has 0 saturated carbocycles. The molecule has 23 heavy (non-hydrogen) atoms. The van der Waals surface area contributed by atoms with E-state index in [4.69, 9.17) is 14.8 Å². The zero-order valence-corrected chi connectivity index (χ0v) is 14.1. The summed E-state index contributed by atoms with van der Waals surface area (Å²) in [7, 11) is -2.79. The van der Waals surface area contributed by atoms with Crippen LogP contribution in [0, 0.1) is 16.1 Å². The van der Waals surface area contributed by atoms with E-state index in [1.807, 2.05) is 0 Å². The van der Waals surface area contributed by atoms with E-state index in [1.165, 1.54) is 6.92 Å². The van der Waals surface area contributed by atoms with E-state index in [1.54, 1.807) is 50.2 Å². The lowest BCUT2D eigenvalue weighted by atomic mass is 10.2. The molecule has 7 heteroatoms. The van der Waals surface area contributed by atoms with E-state index in [0.717, 1.165) is 0 Å². The number of hydrogen-bond acceptors (Lipinski definition) is 6. The first-order valence-electron chi connectivity index (χ1n) is 7.05. The zero-order valence-electron chi connectivity index (χ0n) is 13.3. The highest BCUT2D eigenvalue weighted by molar-refractivity contribution is 8.09. The molecule has 1 aromatic carbocycles. The number of rotatable bonds is 5. The number of carbonyl (C=O) groups excluding carboxylic acids is 2. The Morgan fingerprint density at radius 2 is 1.91 bits per heavy atom. The Balaban J connectivity index is 3.39. The van der Waals surface area contributed by atoms with Gasteiger partial charge in [-0.15, -0.1) is 0 Å². The van der Waals surface area contributed by atoms with Gasteiger partial charge in [0.05, 0.1) is 12.3 Å². The van der Waals surface area contributed by atoms with Crippen molar-refractivity contribution in [3.8, 4) is 6.07 Å². The van der Waals surface area contributed by atoms with Crippen molar-refractivity contribution >= 4 is 20.7 Å². The monoisotopic (exact) mass is 333 g/mol. The highest BCUT2D eigenvalue weighted by Gasteiger charge is 2.19. The van der Waals surface area contributed by atoms with Crippen LogP contribution in [-0.4, -0.2) is 23.4 Å². The number of benzene rings is 1. The third-order valence-corrected chi connectivity index (χ3v) is 5.25. The summed E-state index contributed by atoms with van der Waals surface area (Å²) < 4.78 is 17.4. The first-order valence-corrected chi connectivity index (χ1v) is 8.81. The van der Waals surface area contributed by atoms with E-state index in [2.05, 4.69) is 4.36 Å². The lowest BCUT2D eigenvalue weighted by Gasteiger charge is -2.11. The smallest absolute Gasteiger partial charge is 0.350 e. The van der Waals surface area contributed by atoms with Crippen LogP contribution in [0.15, 0.2) is 46.0 Å². The number of nitriles is 1. The van der Waals surface area contributed by atoms with Gasteiger partial charge in [0.2, 0.25) is 5.12 Å². The Bertz CT molecular complexity index is 783. The van der Waals surface area contributed by atoms with Crippen LogP contribution in [0.1, 0.15) is 31.1 Å². The molecule has 1 aromatic rings. The Morgan fingerprint density at radius 3 is 2.39 bits per heavy atom. The summed E-state index contributed by atoms with van der Waals surface area (Å²) in [6.45, 7) is 4.90. The van der Waals surface area contributed by atoms with Crippen molar-refractivity contribution in [3.05, 3.63) is 47.2 Å². The summed E-state index contributed by atoms with van der Waals surface area (Å²) in [4.78, 5) is 24.3. The van der Waals surface area contributed by atoms with Gasteiger partial charge < -0.3 is 4.74 Å². The number of hydrogen-bond donors (Lipinski definition) is 1. The molecular weight excluding hydrogens is 314 g/mol. The fourth-order valence-electron chi connectivity index (χ4n) is 1.76. The molecule has 1 atom stereocenters. The van der Waals surface area contributed by atoms with E-state index in [-0.39, 0.29) is 23.6 Å². The van der Waals surface area contributed by atoms with Gasteiger partial charge in [0, 0.05) is 20.9 Å². The summed E-state index contributed by atoms with van der Waals surface area (Å²) in [5, 5.41) is 8.71. The Kier molecular flexibility index (Phi) is 6.66. The number of carbonyl (C=O) groups is 2. The van der Waals surface area contributed by atoms with Crippen molar-refractivity contribution < 1.29 is 14.3 Å². The molecule has 0 radical (unpaired) electrons. The van der Waals surface area contributed by atoms with Crippen molar-refractivity contribution in [3.63, 3.8) is 0 Å². The molecule has 122 valence electrons. The maximum Gasteiger partial charge on any atom is 0.350 e. The van der Waals surface area contributed by atoms with Gasteiger partial charge in [-0.05, 0) is 13.8 Å². The largest absolute Gasteiger partial charge is 0.462 e. The second-order valence-corrected chi connectivity index (χ2v) is 7.06. The molecule has 1 rings (SSSR count). The fourth-order valence-corrected chi connectivity index (χ4v) is 3.32. The molecule has 0 amide bonds. The molecule has 0 aliphatic rings. The molecule has 0 aliphatic carbocycles. The first kappa shape index (κ1) is 18.6. The number of esters is 1. The van der Waals surface area contributed by atoms with Crippen LogP contribution < -0.4 is 0 Å². The van der Waals surface area contributed by atoms with Gasteiger partial charge in [0.25, 0.3) is 0 Å². The van der Waals surface area contributed by atoms with Crippen LogP contribution in [0.3, 0.4) is 0 Å². The lowest BCUT2D eigenvalue weighted by molar-refractivity contribution is -0.138. The summed E-state index contributed by atoms with van der Waals surface area (Å²) in [5.74, 6) is -0.596. The highest BCUT2D eigenvalue weighted by Crippen LogP contribution is 2.16. The van der Waals surface area contributed by atoms with Gasteiger partial charge in [-0.1, -0.05) is 37.3 Å². The van der Waals surface area contributed by atoms with E-state index >= 15 is 0 Å². The molecule has 0 saturated heterocycles. The molecule has 1 N–H and O–H groups in total. The van der Waals surface area contributed by atoms with Gasteiger partial charge in [0.15, 0.2) is 5.57 Å². The predicted octanol–water partition coefficient (Wildman–Crippen LogP) is 3.31. The van der Waals surface area contributed by atoms with Crippen molar-refractivity contribution in [1.82, 2.24) is 0 Å². The second kappa shape index (κ2) is 8.25. The summed E-state index contributed by atoms with van der Waals surface area (Å²) in [5.41, 5.74) is 0.179. The van der Waals surface area contributed by atoms with Crippen molar-refractivity contribution in [2.24, 2.45) is 4.36 Å². The van der Waals surface area contributed by atoms with Crippen LogP contribution in [0.4, 0.5) is 0 Å². The van der Waals surface area contributed by atoms with Gasteiger partial charge >= 0.3 is 5.97 Å². The average molecular weight is 333 g/mol. The second-order valence-electron chi connectivity index (χ2n) is 4.53. The molecule has 0 aromatic heterocycles. The number of ether oxygens (including phenoxy) is 1. The lowest BCUT2D eigenvalue weighted by Crippen LogP contribution is -2.16. The molecule has 6 nitrogen and oxygen atoms in total. The van der Waals surface area contributed by atoms with Crippen LogP contribution >= 0.6 is 0 Å². The minimum Gasteiger partial charge on any atom is -0.462 e. The molecule has 0 fully saturated rings. The van der Waals surface area contributed by atoms with E-state index in [9.17, 15) is 9.59 Å². The summed E-state index contributed by atoms with van der Waals surface area (Å²) in [6.07, 6.45) is 0. The molecule has 0 bridgehead atoms. The Hall–Kier alpha value is -2.46. The molecule has 0 aliphatic heterocycles. The zero-order chi connectivity index (χ0) is 17.5. The molecule has 1 unspecified atom stereocenters. The highest BCUT2D eigenvalue weighted by atomic mass is 32.2. The van der Waals surface area contributed by atoms with Gasteiger partial charge in [0.1, 0.15) is 6.07 Å². The van der Waals surface area contributed by atoms with Gasteiger partial charge in [-0.3, -0.25) is 9.57 Å². The third kappa shape index (κ3) is 4.50. The quantitative estimate of drug-likeness (QED) is 0.507. The topological polar surface area (TPSA) is 103 Å². The minimum atomic E-state index is -2.79. The van der Waals surface area contributed by atoms with Crippen LogP contribution in [0.2, 0.25) is 0 Å². The number of nitrogens with one attached hydrogen (secondary N) is 1. The third-order valence-electron chi connectivity index (χ3n) is 2.98. The van der Waals surface area contributed by atoms with Crippen LogP contribution in [0.25, 0.3) is 0 Å². The van der Waals surface area contributed by atoms with Crippen molar-refractivity contribution in [2.75, 3.05) is 12.4 Å². The average Bonchev–Trinajstić information content (AvgIpc) is 2.55. The van der Waals surface area contributed by atoms with Crippen molar-refractivity contribution in [1.29, 1.82) is 10.0 Å². The predicted molar refractivity (Wildman–Crippen MR) is 88.8 cm³/mol. The standard InChI is InChI=1S/C16H19N3O3S/c1-4-22-15(20)14(11-17)12(3)19-23(18,5-2)16(21)13-9-7-6-8-10-13/h6-10,18H,4-5H2,1-3H3/b14-12-. The van der Waals surface area contributed by atoms with E-state index in [0.29, 0.717) is 5.56 Å². The Labute approximate surface area is 136 Å². The number of nitrogens with zero attached hydrogens (tertiary/aromatic N) is 2. The molecule has 0 heterocycles. The molecule has 0 spiro atoms. The maximum atomic E-state index is 12.6. The fraction of sp³-hybridized carbons (Fsp3) is 0.312. The SMILES string of the molecule is CCOC(=O)/C(C#N)=C(/C)N=S(=N)(CC)C(=O)c1ccccc1. The summed E-state index contributed by atoms with van der Waals surface area (Å²) in [6, 6.07) is 10.2.